The molecule has 2 N–H and O–H groups in total. The van der Waals surface area contributed by atoms with Crippen molar-refractivity contribution in [3.05, 3.63) is 35.8 Å². The number of amides is 2. The van der Waals surface area contributed by atoms with Crippen molar-refractivity contribution in [2.45, 2.75) is 45.2 Å². The first-order chi connectivity index (χ1) is 14.3. The monoisotopic (exact) mass is 512 g/mol. The van der Waals surface area contributed by atoms with E-state index >= 15 is 0 Å². The van der Waals surface area contributed by atoms with Crippen LogP contribution in [0, 0.1) is 0 Å². The standard InChI is InChI=1S/C21H26BrN3O3S2/c1-25(2)9-8-12-14(18(22)29-16(12)11-25)10-23-21(27)24-19-17(20(26)28-3)13-6-4-5-7-15(13)30-19/h4-11H2,1-3H3,(H-,23,24,26,27)/p+1. The number of ether oxygens (including phenoxy) is 1. The van der Waals surface area contributed by atoms with Gasteiger partial charge in [0.25, 0.3) is 0 Å². The Labute approximate surface area is 193 Å². The molecular weight excluding hydrogens is 486 g/mol. The first-order valence-electron chi connectivity index (χ1n) is 10.2. The van der Waals surface area contributed by atoms with Crippen LogP contribution < -0.4 is 10.6 Å². The van der Waals surface area contributed by atoms with Gasteiger partial charge in [0.1, 0.15) is 11.5 Å². The normalized spacial score (nSPS) is 17.1. The highest BCUT2D eigenvalue weighted by Gasteiger charge is 2.30. The Morgan fingerprint density at radius 2 is 1.87 bits per heavy atom. The van der Waals surface area contributed by atoms with E-state index in [4.69, 9.17) is 4.74 Å². The Balaban J connectivity index is 1.47. The molecule has 9 heteroatoms. The third kappa shape index (κ3) is 4.30. The van der Waals surface area contributed by atoms with Crippen molar-refractivity contribution in [3.63, 3.8) is 0 Å². The highest BCUT2D eigenvalue weighted by molar-refractivity contribution is 9.11. The minimum absolute atomic E-state index is 0.294. The summed E-state index contributed by atoms with van der Waals surface area (Å²) in [5.41, 5.74) is 4.11. The highest BCUT2D eigenvalue weighted by Crippen LogP contribution is 2.39. The molecule has 0 bridgehead atoms. The van der Waals surface area contributed by atoms with E-state index in [9.17, 15) is 9.59 Å². The van der Waals surface area contributed by atoms with E-state index in [2.05, 4.69) is 40.7 Å². The summed E-state index contributed by atoms with van der Waals surface area (Å²) in [6, 6.07) is -0.294. The quantitative estimate of drug-likeness (QED) is 0.461. The number of aryl methyl sites for hydroxylation is 1. The lowest BCUT2D eigenvalue weighted by molar-refractivity contribution is -0.905. The van der Waals surface area contributed by atoms with Crippen LogP contribution in [-0.2, 0) is 37.1 Å². The number of rotatable bonds is 4. The molecule has 0 saturated carbocycles. The molecule has 162 valence electrons. The summed E-state index contributed by atoms with van der Waals surface area (Å²) in [4.78, 5) is 27.6. The number of anilines is 1. The molecule has 2 aromatic rings. The van der Waals surface area contributed by atoms with Crippen molar-refractivity contribution in [1.82, 2.24) is 5.32 Å². The Morgan fingerprint density at radius 1 is 1.10 bits per heavy atom. The number of hydrogen-bond acceptors (Lipinski definition) is 5. The molecule has 0 fully saturated rings. The zero-order chi connectivity index (χ0) is 21.5. The van der Waals surface area contributed by atoms with E-state index in [-0.39, 0.29) is 12.0 Å². The van der Waals surface area contributed by atoms with Crippen molar-refractivity contribution >= 4 is 55.6 Å². The van der Waals surface area contributed by atoms with Crippen LogP contribution in [0.25, 0.3) is 0 Å². The number of nitrogens with one attached hydrogen (secondary N) is 2. The number of nitrogens with zero attached hydrogens (tertiary/aromatic N) is 1. The summed E-state index contributed by atoms with van der Waals surface area (Å²) in [5.74, 6) is -0.375. The number of carbonyl (C=O) groups is 2. The average molecular weight is 514 g/mol. The molecule has 0 atom stereocenters. The van der Waals surface area contributed by atoms with Crippen molar-refractivity contribution < 1.29 is 18.8 Å². The SMILES string of the molecule is COC(=O)c1c(NC(=O)NCc2c(Br)sc3c2CC[N+](C)(C)C3)sc2c1CCCC2. The zero-order valence-electron chi connectivity index (χ0n) is 17.5. The third-order valence-electron chi connectivity index (χ3n) is 5.90. The first-order valence-corrected chi connectivity index (χ1v) is 12.6. The Hall–Kier alpha value is -1.42. The number of thiophene rings is 2. The van der Waals surface area contributed by atoms with E-state index in [1.165, 1.54) is 39.3 Å². The number of methoxy groups -OCH3 is 1. The van der Waals surface area contributed by atoms with Crippen LogP contribution in [0.2, 0.25) is 0 Å². The van der Waals surface area contributed by atoms with Gasteiger partial charge in [-0.15, -0.1) is 22.7 Å². The molecule has 4 rings (SSSR count). The van der Waals surface area contributed by atoms with Gasteiger partial charge in [0.2, 0.25) is 0 Å². The molecule has 2 aliphatic rings. The maximum absolute atomic E-state index is 12.7. The van der Waals surface area contributed by atoms with Crippen molar-refractivity contribution in [2.24, 2.45) is 0 Å². The summed E-state index contributed by atoms with van der Waals surface area (Å²) in [6.07, 6.45) is 5.02. The summed E-state index contributed by atoms with van der Waals surface area (Å²) in [6.45, 7) is 2.58. The minimum Gasteiger partial charge on any atom is -0.465 e. The van der Waals surface area contributed by atoms with Gasteiger partial charge < -0.3 is 14.5 Å². The molecule has 0 unspecified atom stereocenters. The first kappa shape index (κ1) is 21.8. The van der Waals surface area contributed by atoms with E-state index in [0.29, 0.717) is 17.1 Å². The Bertz CT molecular complexity index is 996. The van der Waals surface area contributed by atoms with Crippen LogP contribution in [-0.4, -0.2) is 44.2 Å². The molecule has 0 aromatic carbocycles. The van der Waals surface area contributed by atoms with Gasteiger partial charge in [-0.25, -0.2) is 9.59 Å². The van der Waals surface area contributed by atoms with Gasteiger partial charge in [-0.3, -0.25) is 5.32 Å². The summed E-state index contributed by atoms with van der Waals surface area (Å²) >= 11 is 6.96. The largest absolute Gasteiger partial charge is 0.465 e. The lowest BCUT2D eigenvalue weighted by Crippen LogP contribution is -2.43. The van der Waals surface area contributed by atoms with Crippen LogP contribution in [0.3, 0.4) is 0 Å². The number of fused-ring (bicyclic) bond motifs is 2. The summed E-state index contributed by atoms with van der Waals surface area (Å²) in [7, 11) is 5.89. The number of hydrogen-bond donors (Lipinski definition) is 2. The van der Waals surface area contributed by atoms with E-state index in [1.54, 1.807) is 11.3 Å². The lowest BCUT2D eigenvalue weighted by atomic mass is 9.95. The van der Waals surface area contributed by atoms with Crippen LogP contribution in [0.5, 0.6) is 0 Å². The topological polar surface area (TPSA) is 67.4 Å². The van der Waals surface area contributed by atoms with Crippen molar-refractivity contribution in [1.29, 1.82) is 0 Å². The van der Waals surface area contributed by atoms with E-state index < -0.39 is 0 Å². The summed E-state index contributed by atoms with van der Waals surface area (Å²) in [5, 5.41) is 6.49. The lowest BCUT2D eigenvalue weighted by Gasteiger charge is -2.33. The zero-order valence-corrected chi connectivity index (χ0v) is 20.7. The molecule has 2 aromatic heterocycles. The molecule has 6 nitrogen and oxygen atoms in total. The van der Waals surface area contributed by atoms with Gasteiger partial charge in [-0.1, -0.05) is 0 Å². The van der Waals surface area contributed by atoms with Crippen molar-refractivity contribution in [2.75, 3.05) is 33.1 Å². The second-order valence-electron chi connectivity index (χ2n) is 8.54. The van der Waals surface area contributed by atoms with E-state index in [1.807, 2.05) is 0 Å². The minimum atomic E-state index is -0.375. The van der Waals surface area contributed by atoms with Gasteiger partial charge in [0.05, 0.1) is 42.0 Å². The van der Waals surface area contributed by atoms with Gasteiger partial charge >= 0.3 is 12.0 Å². The number of urea groups is 1. The number of quaternary nitrogens is 1. The number of esters is 1. The fourth-order valence-corrected chi connectivity index (χ4v) is 7.82. The number of likely N-dealkylation sites (N-methyl/N-ethyl adjacent to an activating group) is 1. The van der Waals surface area contributed by atoms with Gasteiger partial charge in [0.15, 0.2) is 0 Å². The average Bonchev–Trinajstić information content (AvgIpc) is 3.20. The molecule has 3 heterocycles. The van der Waals surface area contributed by atoms with E-state index in [0.717, 1.165) is 59.0 Å². The molecule has 30 heavy (non-hydrogen) atoms. The predicted molar refractivity (Wildman–Crippen MR) is 125 cm³/mol. The van der Waals surface area contributed by atoms with Crippen LogP contribution in [0.15, 0.2) is 3.79 Å². The van der Waals surface area contributed by atoms with Gasteiger partial charge in [-0.2, -0.15) is 0 Å². The molecular formula is C21H27BrN3O3S2+. The van der Waals surface area contributed by atoms with Crippen LogP contribution in [0.4, 0.5) is 9.80 Å². The smallest absolute Gasteiger partial charge is 0.341 e. The molecule has 0 saturated heterocycles. The second-order valence-corrected chi connectivity index (χ2v) is 12.1. The molecule has 2 amide bonds. The highest BCUT2D eigenvalue weighted by atomic mass is 79.9. The van der Waals surface area contributed by atoms with Crippen LogP contribution in [0.1, 0.15) is 49.6 Å². The maximum Gasteiger partial charge on any atom is 0.341 e. The predicted octanol–water partition coefficient (Wildman–Crippen LogP) is 4.69. The molecule has 0 spiro atoms. The fourth-order valence-electron chi connectivity index (χ4n) is 4.28. The Morgan fingerprint density at radius 3 is 2.63 bits per heavy atom. The molecule has 1 aliphatic heterocycles. The molecule has 1 aliphatic carbocycles. The number of carbonyl (C=O) groups excluding carboxylic acids is 2. The molecule has 0 radical (unpaired) electrons. The Kier molecular flexibility index (Phi) is 6.25. The fraction of sp³-hybridized carbons (Fsp3) is 0.524. The second kappa shape index (κ2) is 8.61. The third-order valence-corrected chi connectivity index (χ3v) is 9.12. The summed E-state index contributed by atoms with van der Waals surface area (Å²) < 4.78 is 7.07. The number of halogens is 1. The maximum atomic E-state index is 12.7. The van der Waals surface area contributed by atoms with Gasteiger partial charge in [0, 0.05) is 23.4 Å². The van der Waals surface area contributed by atoms with Gasteiger partial charge in [-0.05, 0) is 52.7 Å². The van der Waals surface area contributed by atoms with Crippen molar-refractivity contribution in [3.8, 4) is 0 Å². The van der Waals surface area contributed by atoms with Crippen LogP contribution >= 0.6 is 38.6 Å².